The van der Waals surface area contributed by atoms with Crippen molar-refractivity contribution in [1.82, 2.24) is 25.0 Å². The molecular weight excluding hydrogens is 474 g/mol. The van der Waals surface area contributed by atoms with Crippen molar-refractivity contribution in [2.24, 2.45) is 0 Å². The number of ether oxygens (including phenoxy) is 2. The molecule has 2 saturated heterocycles. The number of carbonyl (C=O) groups is 2. The Morgan fingerprint density at radius 1 is 1.22 bits per heavy atom. The van der Waals surface area contributed by atoms with Crippen molar-refractivity contribution in [1.29, 1.82) is 0 Å². The van der Waals surface area contributed by atoms with Gasteiger partial charge >= 0.3 is 6.03 Å². The molecule has 0 saturated carbocycles. The molecule has 2 aromatic rings. The number of piperidine rings is 1. The summed E-state index contributed by atoms with van der Waals surface area (Å²) in [7, 11) is 1.64. The number of benzene rings is 1. The summed E-state index contributed by atoms with van der Waals surface area (Å²) in [6.45, 7) is 8.52. The van der Waals surface area contributed by atoms with Gasteiger partial charge in [0.15, 0.2) is 0 Å². The van der Waals surface area contributed by atoms with Crippen molar-refractivity contribution in [2.45, 2.75) is 44.2 Å². The topological polar surface area (TPSA) is 110 Å². The van der Waals surface area contributed by atoms with Gasteiger partial charge in [-0.2, -0.15) is 0 Å². The fourth-order valence-corrected chi connectivity index (χ4v) is 6.19. The van der Waals surface area contributed by atoms with Crippen LogP contribution in [0.3, 0.4) is 0 Å². The molecule has 1 atom stereocenters. The van der Waals surface area contributed by atoms with Crippen LogP contribution in [0.15, 0.2) is 18.2 Å². The second-order valence-electron chi connectivity index (χ2n) is 10.8. The number of hydrogen-bond acceptors (Lipinski definition) is 6. The molecule has 0 aliphatic carbocycles. The number of methoxy groups -OCH3 is 1. The third-order valence-electron chi connectivity index (χ3n) is 8.12. The van der Waals surface area contributed by atoms with Gasteiger partial charge < -0.3 is 34.7 Å². The van der Waals surface area contributed by atoms with E-state index in [9.17, 15) is 14.7 Å². The van der Waals surface area contributed by atoms with Crippen LogP contribution in [0.4, 0.5) is 4.79 Å². The smallest absolute Gasteiger partial charge is 0.317 e. The second-order valence-corrected chi connectivity index (χ2v) is 10.8. The van der Waals surface area contributed by atoms with Crippen LogP contribution in [0, 0.1) is 0 Å². The number of fused-ring (bicyclic) bond motifs is 4. The van der Waals surface area contributed by atoms with E-state index in [1.807, 2.05) is 35.8 Å². The summed E-state index contributed by atoms with van der Waals surface area (Å²) in [5.74, 6) is 0.767. The molecule has 3 N–H and O–H groups in total. The number of aliphatic hydroxyl groups is 1. The predicted octanol–water partition coefficient (Wildman–Crippen LogP) is 1.84. The summed E-state index contributed by atoms with van der Waals surface area (Å²) in [5, 5.41) is 14.6. The lowest BCUT2D eigenvalue weighted by Gasteiger charge is -2.50. The number of amides is 3. The van der Waals surface area contributed by atoms with E-state index in [0.717, 1.165) is 48.3 Å². The lowest BCUT2D eigenvalue weighted by Crippen LogP contribution is -2.58. The molecule has 10 nitrogen and oxygen atoms in total. The van der Waals surface area contributed by atoms with Crippen molar-refractivity contribution < 1.29 is 24.2 Å². The molecule has 0 radical (unpaired) electrons. The van der Waals surface area contributed by atoms with Gasteiger partial charge in [0.25, 0.3) is 0 Å². The van der Waals surface area contributed by atoms with E-state index < -0.39 is 6.04 Å². The Kier molecular flexibility index (Phi) is 7.33. The number of aliphatic hydroxyl groups excluding tert-OH is 1. The summed E-state index contributed by atoms with van der Waals surface area (Å²) >= 11 is 0. The molecule has 10 heteroatoms. The number of hydrogen-bond donors (Lipinski definition) is 3. The van der Waals surface area contributed by atoms with E-state index in [1.165, 1.54) is 5.56 Å². The van der Waals surface area contributed by atoms with Crippen molar-refractivity contribution in [2.75, 3.05) is 66.2 Å². The SMILES string of the molecule is COc1ccc2c3c([nH]c2c1)[C@@H](CO)N(C(=O)CN1CCOCC1)CC31CCN(C(=O)NC(C)C)CC1. The van der Waals surface area contributed by atoms with E-state index in [4.69, 9.17) is 9.47 Å². The monoisotopic (exact) mass is 513 g/mol. The van der Waals surface area contributed by atoms with Gasteiger partial charge in [-0.25, -0.2) is 4.79 Å². The maximum atomic E-state index is 13.7. The lowest BCUT2D eigenvalue weighted by atomic mass is 9.68. The van der Waals surface area contributed by atoms with Crippen LogP contribution in [0.25, 0.3) is 10.9 Å². The molecular formula is C27H39N5O5. The number of urea groups is 1. The Labute approximate surface area is 217 Å². The summed E-state index contributed by atoms with van der Waals surface area (Å²) in [4.78, 5) is 35.9. The number of likely N-dealkylation sites (tertiary alicyclic amines) is 1. The van der Waals surface area contributed by atoms with Crippen LogP contribution < -0.4 is 10.1 Å². The molecule has 0 unspecified atom stereocenters. The largest absolute Gasteiger partial charge is 0.497 e. The first-order chi connectivity index (χ1) is 17.8. The first kappa shape index (κ1) is 25.8. The highest BCUT2D eigenvalue weighted by atomic mass is 16.5. The van der Waals surface area contributed by atoms with E-state index >= 15 is 0 Å². The van der Waals surface area contributed by atoms with E-state index in [1.54, 1.807) is 7.11 Å². The van der Waals surface area contributed by atoms with Crippen LogP contribution in [0.5, 0.6) is 5.75 Å². The average Bonchev–Trinajstić information content (AvgIpc) is 3.28. The maximum Gasteiger partial charge on any atom is 0.317 e. The van der Waals surface area contributed by atoms with Crippen molar-refractivity contribution >= 4 is 22.8 Å². The highest BCUT2D eigenvalue weighted by Crippen LogP contribution is 2.49. The number of nitrogens with zero attached hydrogens (tertiary/aromatic N) is 3. The number of rotatable bonds is 5. The highest BCUT2D eigenvalue weighted by Gasteiger charge is 2.49. The van der Waals surface area contributed by atoms with Gasteiger partial charge in [0.1, 0.15) is 5.75 Å². The fraction of sp³-hybridized carbons (Fsp3) is 0.630. The van der Waals surface area contributed by atoms with Crippen LogP contribution in [-0.4, -0.2) is 109 Å². The summed E-state index contributed by atoms with van der Waals surface area (Å²) in [5.41, 5.74) is 2.68. The standard InChI is InChI=1S/C27H39N5O5/c1-18(2)28-26(35)31-8-6-27(7-9-31)17-32(23(34)15-30-10-12-37-13-11-30)22(16-33)25-24(27)20-5-4-19(36-3)14-21(20)29-25/h4-5,14,18,22,29,33H,6-13,15-17H2,1-3H3,(H,28,35)/t22-/m1/s1. The normalized spacial score (nSPS) is 21.9. The first-order valence-electron chi connectivity index (χ1n) is 13.3. The second kappa shape index (κ2) is 10.5. The number of morpholine rings is 1. The quantitative estimate of drug-likeness (QED) is 0.563. The number of carbonyl (C=O) groups excluding carboxylic acids is 2. The Morgan fingerprint density at radius 2 is 1.95 bits per heavy atom. The Balaban J connectivity index is 1.51. The van der Waals surface area contributed by atoms with Crippen LogP contribution in [0.2, 0.25) is 0 Å². The summed E-state index contributed by atoms with van der Waals surface area (Å²) in [6.07, 6.45) is 1.48. The molecule has 3 aliphatic heterocycles. The predicted molar refractivity (Wildman–Crippen MR) is 140 cm³/mol. The van der Waals surface area contributed by atoms with Crippen LogP contribution in [-0.2, 0) is 14.9 Å². The zero-order valence-electron chi connectivity index (χ0n) is 22.1. The minimum absolute atomic E-state index is 0.0159. The molecule has 5 rings (SSSR count). The van der Waals surface area contributed by atoms with E-state index in [0.29, 0.717) is 39.4 Å². The van der Waals surface area contributed by atoms with Crippen molar-refractivity contribution in [3.8, 4) is 5.75 Å². The average molecular weight is 514 g/mol. The van der Waals surface area contributed by atoms with Gasteiger partial charge in [0.2, 0.25) is 5.91 Å². The molecule has 3 aliphatic rings. The van der Waals surface area contributed by atoms with Gasteiger partial charge in [-0.15, -0.1) is 0 Å². The van der Waals surface area contributed by atoms with E-state index in [-0.39, 0.29) is 30.0 Å². The summed E-state index contributed by atoms with van der Waals surface area (Å²) in [6, 6.07) is 5.59. The molecule has 1 aromatic carbocycles. The Morgan fingerprint density at radius 3 is 2.59 bits per heavy atom. The summed E-state index contributed by atoms with van der Waals surface area (Å²) < 4.78 is 10.9. The number of nitrogens with one attached hydrogen (secondary N) is 2. The zero-order chi connectivity index (χ0) is 26.2. The Hall–Kier alpha value is -2.82. The number of aromatic amines is 1. The molecule has 1 aromatic heterocycles. The third kappa shape index (κ3) is 4.89. The lowest BCUT2D eigenvalue weighted by molar-refractivity contribution is -0.139. The fourth-order valence-electron chi connectivity index (χ4n) is 6.19. The first-order valence-corrected chi connectivity index (χ1v) is 13.3. The van der Waals surface area contributed by atoms with Gasteiger partial charge in [-0.1, -0.05) is 0 Å². The highest BCUT2D eigenvalue weighted by molar-refractivity contribution is 5.89. The Bertz CT molecular complexity index is 1130. The molecule has 202 valence electrons. The van der Waals surface area contributed by atoms with Gasteiger partial charge in [0.05, 0.1) is 39.5 Å². The van der Waals surface area contributed by atoms with Gasteiger partial charge in [0, 0.05) is 66.8 Å². The van der Waals surface area contributed by atoms with Gasteiger partial charge in [-0.05, 0) is 44.4 Å². The zero-order valence-corrected chi connectivity index (χ0v) is 22.1. The minimum Gasteiger partial charge on any atom is -0.497 e. The molecule has 0 bridgehead atoms. The van der Waals surface area contributed by atoms with Crippen LogP contribution >= 0.6 is 0 Å². The van der Waals surface area contributed by atoms with E-state index in [2.05, 4.69) is 21.3 Å². The molecule has 4 heterocycles. The molecule has 2 fully saturated rings. The molecule has 1 spiro atoms. The van der Waals surface area contributed by atoms with Crippen LogP contribution in [0.1, 0.15) is 44.0 Å². The molecule has 37 heavy (non-hydrogen) atoms. The minimum atomic E-state index is -0.449. The van der Waals surface area contributed by atoms with Crippen molar-refractivity contribution in [3.05, 3.63) is 29.5 Å². The molecule has 3 amide bonds. The maximum absolute atomic E-state index is 13.7. The number of aromatic nitrogens is 1. The third-order valence-corrected chi connectivity index (χ3v) is 8.12. The number of H-pyrrole nitrogens is 1. The van der Waals surface area contributed by atoms with Gasteiger partial charge in [-0.3, -0.25) is 9.69 Å². The van der Waals surface area contributed by atoms with Crippen molar-refractivity contribution in [3.63, 3.8) is 0 Å².